The summed E-state index contributed by atoms with van der Waals surface area (Å²) in [7, 11) is 0. The first kappa shape index (κ1) is 18.9. The molecule has 0 saturated carbocycles. The fourth-order valence-corrected chi connectivity index (χ4v) is 5.12. The van der Waals surface area contributed by atoms with E-state index in [4.69, 9.17) is 0 Å². The minimum absolute atomic E-state index is 0.249. The van der Waals surface area contributed by atoms with Crippen molar-refractivity contribution in [3.8, 4) is 12.1 Å². The summed E-state index contributed by atoms with van der Waals surface area (Å²) < 4.78 is 0. The summed E-state index contributed by atoms with van der Waals surface area (Å²) in [6, 6.07) is 29.9. The van der Waals surface area contributed by atoms with Crippen molar-refractivity contribution in [3.63, 3.8) is 0 Å². The molecule has 2 heterocycles. The van der Waals surface area contributed by atoms with Crippen LogP contribution in [0.25, 0.3) is 6.08 Å². The van der Waals surface area contributed by atoms with E-state index in [0.29, 0.717) is 5.56 Å². The van der Waals surface area contributed by atoms with Crippen LogP contribution < -0.4 is 4.90 Å². The van der Waals surface area contributed by atoms with Crippen molar-refractivity contribution in [2.45, 2.75) is 18.0 Å². The number of anilines is 1. The third kappa shape index (κ3) is 2.62. The van der Waals surface area contributed by atoms with Crippen LogP contribution in [0.15, 0.2) is 91.0 Å². The molecule has 0 aliphatic carbocycles. The summed E-state index contributed by atoms with van der Waals surface area (Å²) in [6.45, 7) is 0. The number of para-hydroxylation sites is 1. The van der Waals surface area contributed by atoms with Gasteiger partial charge in [0.1, 0.15) is 6.04 Å². The lowest BCUT2D eigenvalue weighted by atomic mass is 9.65. The van der Waals surface area contributed by atoms with Gasteiger partial charge in [-0.2, -0.15) is 10.5 Å². The maximum Gasteiger partial charge on any atom is 0.186 e. The largest absolute Gasteiger partial charge is 0.346 e. The lowest BCUT2D eigenvalue weighted by Gasteiger charge is -2.35. The van der Waals surface area contributed by atoms with Crippen LogP contribution in [0.4, 0.5) is 5.69 Å². The molecule has 0 spiro atoms. The van der Waals surface area contributed by atoms with Crippen LogP contribution in [-0.2, 0) is 0 Å². The van der Waals surface area contributed by atoms with Crippen LogP contribution >= 0.6 is 0 Å². The molecular formula is C27H19N3O. The molecule has 0 bridgehead atoms. The zero-order valence-corrected chi connectivity index (χ0v) is 16.7. The van der Waals surface area contributed by atoms with E-state index in [9.17, 15) is 15.3 Å². The Labute approximate surface area is 181 Å². The number of nitrogens with zero attached hydrogens (tertiary/aromatic N) is 3. The highest BCUT2D eigenvalue weighted by molar-refractivity contribution is 6.05. The van der Waals surface area contributed by atoms with Gasteiger partial charge in [0.2, 0.25) is 0 Å². The van der Waals surface area contributed by atoms with E-state index in [1.54, 1.807) is 24.3 Å². The Balaban J connectivity index is 1.80. The van der Waals surface area contributed by atoms with E-state index in [1.807, 2.05) is 77.7 Å². The van der Waals surface area contributed by atoms with E-state index in [1.165, 1.54) is 0 Å². The molecule has 1 saturated heterocycles. The quantitative estimate of drug-likeness (QED) is 0.581. The summed E-state index contributed by atoms with van der Waals surface area (Å²) in [5.41, 5.74) is 1.72. The zero-order chi connectivity index (χ0) is 21.4. The average Bonchev–Trinajstić information content (AvgIpc) is 3.15. The molecule has 2 aliphatic rings. The summed E-state index contributed by atoms with van der Waals surface area (Å²) in [5, 5.41) is 20.9. The van der Waals surface area contributed by atoms with Crippen molar-refractivity contribution >= 4 is 17.5 Å². The third-order valence-corrected chi connectivity index (χ3v) is 6.43. The topological polar surface area (TPSA) is 67.9 Å². The molecular weight excluding hydrogens is 382 g/mol. The van der Waals surface area contributed by atoms with Crippen LogP contribution in [0.3, 0.4) is 0 Å². The fourth-order valence-electron chi connectivity index (χ4n) is 5.12. The molecule has 0 N–H and O–H groups in total. The second kappa shape index (κ2) is 7.27. The van der Waals surface area contributed by atoms with Crippen LogP contribution in [0, 0.1) is 28.1 Å². The standard InChI is InChI=1S/C27H19N3O/c28-17-23-25(20-10-3-1-4-11-20)27(18-29,26(31)21-12-5-2-6-13-21)24-16-15-19-9-7-8-14-22(19)30(23)24/h1-16,23-25H/t23-,24-,25+,27+/m1/s1. The molecule has 4 atom stereocenters. The van der Waals surface area contributed by atoms with Crippen LogP contribution in [0.1, 0.15) is 27.4 Å². The van der Waals surface area contributed by atoms with Gasteiger partial charge in [0.25, 0.3) is 0 Å². The van der Waals surface area contributed by atoms with Crippen molar-refractivity contribution in [1.29, 1.82) is 10.5 Å². The number of fused-ring (bicyclic) bond motifs is 3. The van der Waals surface area contributed by atoms with Gasteiger partial charge in [0, 0.05) is 17.2 Å². The molecule has 0 aromatic heterocycles. The predicted molar refractivity (Wildman–Crippen MR) is 119 cm³/mol. The predicted octanol–water partition coefficient (Wildman–Crippen LogP) is 4.97. The van der Waals surface area contributed by atoms with Crippen LogP contribution in [0.5, 0.6) is 0 Å². The lowest BCUT2D eigenvalue weighted by Crippen LogP contribution is -2.45. The maximum atomic E-state index is 14.0. The van der Waals surface area contributed by atoms with E-state index < -0.39 is 23.4 Å². The van der Waals surface area contributed by atoms with E-state index in [2.05, 4.69) is 12.1 Å². The number of rotatable bonds is 3. The molecule has 0 unspecified atom stereocenters. The molecule has 4 nitrogen and oxygen atoms in total. The molecule has 0 amide bonds. The molecule has 5 rings (SSSR count). The minimum Gasteiger partial charge on any atom is -0.346 e. The normalized spacial score (nSPS) is 25.7. The van der Waals surface area contributed by atoms with Crippen molar-refractivity contribution in [2.24, 2.45) is 5.41 Å². The molecule has 1 fully saturated rings. The van der Waals surface area contributed by atoms with Crippen LogP contribution in [-0.4, -0.2) is 17.9 Å². The smallest absolute Gasteiger partial charge is 0.186 e. The number of hydrogen-bond donors (Lipinski definition) is 0. The van der Waals surface area contributed by atoms with E-state index >= 15 is 0 Å². The third-order valence-electron chi connectivity index (χ3n) is 6.43. The Bertz CT molecular complexity index is 1250. The van der Waals surface area contributed by atoms with Gasteiger partial charge in [-0.3, -0.25) is 4.79 Å². The molecule has 3 aromatic rings. The van der Waals surface area contributed by atoms with Crippen molar-refractivity contribution in [3.05, 3.63) is 108 Å². The highest BCUT2D eigenvalue weighted by atomic mass is 16.1. The molecule has 3 aromatic carbocycles. The van der Waals surface area contributed by atoms with Gasteiger partial charge in [-0.1, -0.05) is 91.0 Å². The highest BCUT2D eigenvalue weighted by Gasteiger charge is 2.64. The lowest BCUT2D eigenvalue weighted by molar-refractivity contribution is 0.0842. The Morgan fingerprint density at radius 1 is 0.871 bits per heavy atom. The first-order valence-electron chi connectivity index (χ1n) is 10.2. The number of hydrogen-bond acceptors (Lipinski definition) is 4. The number of benzene rings is 3. The summed E-state index contributed by atoms with van der Waals surface area (Å²) in [6.07, 6.45) is 3.88. The Kier molecular flexibility index (Phi) is 4.42. The second-order valence-electron chi connectivity index (χ2n) is 7.91. The number of carbonyl (C=O) groups is 1. The number of ketones is 1. The van der Waals surface area contributed by atoms with Gasteiger partial charge in [0.05, 0.1) is 18.2 Å². The molecule has 2 aliphatic heterocycles. The van der Waals surface area contributed by atoms with Crippen molar-refractivity contribution in [2.75, 3.05) is 4.90 Å². The first-order valence-corrected chi connectivity index (χ1v) is 10.2. The molecule has 148 valence electrons. The Morgan fingerprint density at radius 2 is 1.52 bits per heavy atom. The number of Topliss-reactive ketones (excluding diaryl/α,β-unsaturated/α-hetero) is 1. The number of carbonyl (C=O) groups excluding carboxylic acids is 1. The molecule has 31 heavy (non-hydrogen) atoms. The van der Waals surface area contributed by atoms with Gasteiger partial charge in [0.15, 0.2) is 11.2 Å². The zero-order valence-electron chi connectivity index (χ0n) is 16.7. The minimum atomic E-state index is -1.44. The van der Waals surface area contributed by atoms with Gasteiger partial charge < -0.3 is 4.90 Å². The fraction of sp³-hybridized carbons (Fsp3) is 0.148. The SMILES string of the molecule is N#C[C@@H]1[C@H](c2ccccc2)[C@@](C#N)(C(=O)c2ccccc2)[C@H]2C=Cc3ccccc3N12. The number of nitriles is 2. The van der Waals surface area contributed by atoms with Gasteiger partial charge in [-0.25, -0.2) is 0 Å². The van der Waals surface area contributed by atoms with Gasteiger partial charge >= 0.3 is 0 Å². The van der Waals surface area contributed by atoms with Gasteiger partial charge in [-0.15, -0.1) is 0 Å². The van der Waals surface area contributed by atoms with E-state index in [-0.39, 0.29) is 5.78 Å². The Morgan fingerprint density at radius 3 is 2.19 bits per heavy atom. The second-order valence-corrected chi connectivity index (χ2v) is 7.91. The van der Waals surface area contributed by atoms with Gasteiger partial charge in [-0.05, 0) is 17.2 Å². The first-order chi connectivity index (χ1) is 15.2. The van der Waals surface area contributed by atoms with Crippen LogP contribution in [0.2, 0.25) is 0 Å². The van der Waals surface area contributed by atoms with Crippen molar-refractivity contribution < 1.29 is 4.79 Å². The summed E-state index contributed by atoms with van der Waals surface area (Å²) >= 11 is 0. The maximum absolute atomic E-state index is 14.0. The molecule has 0 radical (unpaired) electrons. The molecule has 4 heteroatoms. The van der Waals surface area contributed by atoms with E-state index in [0.717, 1.165) is 16.8 Å². The Hall–Kier alpha value is -4.15. The monoisotopic (exact) mass is 401 g/mol. The summed E-state index contributed by atoms with van der Waals surface area (Å²) in [4.78, 5) is 16.0. The van der Waals surface area contributed by atoms with Crippen molar-refractivity contribution in [1.82, 2.24) is 0 Å². The summed E-state index contributed by atoms with van der Waals surface area (Å²) in [5.74, 6) is -0.849. The average molecular weight is 401 g/mol. The highest BCUT2D eigenvalue weighted by Crippen LogP contribution is 2.56.